The standard InChI is InChI=1S/C20H25N3O3/c1-6-25-20(24)17-13(3)26-19(22)16(11-21)18(17)15-9-7-8-14(10-15)12(2)23(4)5/h7-10,12,18H,6,22H2,1-5H3. The fraction of sp³-hybridized carbons (Fsp3) is 0.400. The number of esters is 1. The Morgan fingerprint density at radius 2 is 2.15 bits per heavy atom. The van der Waals surface area contributed by atoms with E-state index in [0.29, 0.717) is 11.3 Å². The summed E-state index contributed by atoms with van der Waals surface area (Å²) in [5, 5.41) is 9.62. The van der Waals surface area contributed by atoms with E-state index in [1.165, 1.54) is 0 Å². The average Bonchev–Trinajstić information content (AvgIpc) is 2.60. The molecule has 6 heteroatoms. The molecule has 1 aromatic rings. The third-order valence-electron chi connectivity index (χ3n) is 4.60. The quantitative estimate of drug-likeness (QED) is 0.817. The lowest BCUT2D eigenvalue weighted by atomic mass is 9.82. The lowest BCUT2D eigenvalue weighted by Crippen LogP contribution is -2.26. The number of nitriles is 1. The number of carbonyl (C=O) groups excluding carboxylic acids is 1. The highest BCUT2D eigenvalue weighted by Gasteiger charge is 2.36. The zero-order valence-electron chi connectivity index (χ0n) is 15.9. The maximum atomic E-state index is 12.5. The fourth-order valence-electron chi connectivity index (χ4n) is 2.98. The van der Waals surface area contributed by atoms with Crippen LogP contribution in [0.3, 0.4) is 0 Å². The van der Waals surface area contributed by atoms with Gasteiger partial charge in [-0.3, -0.25) is 0 Å². The largest absolute Gasteiger partial charge is 0.463 e. The maximum absolute atomic E-state index is 12.5. The third kappa shape index (κ3) is 3.73. The fourth-order valence-corrected chi connectivity index (χ4v) is 2.98. The summed E-state index contributed by atoms with van der Waals surface area (Å²) in [7, 11) is 4.00. The molecule has 0 saturated heterocycles. The highest BCUT2D eigenvalue weighted by Crippen LogP contribution is 2.40. The Hall–Kier alpha value is -2.78. The summed E-state index contributed by atoms with van der Waals surface area (Å²) in [6.07, 6.45) is 0. The smallest absolute Gasteiger partial charge is 0.338 e. The summed E-state index contributed by atoms with van der Waals surface area (Å²) >= 11 is 0. The molecule has 2 N–H and O–H groups in total. The number of benzene rings is 1. The Kier molecular flexibility index (Phi) is 6.06. The molecular weight excluding hydrogens is 330 g/mol. The molecule has 6 nitrogen and oxygen atoms in total. The molecule has 2 unspecified atom stereocenters. The van der Waals surface area contributed by atoms with E-state index in [4.69, 9.17) is 15.2 Å². The highest BCUT2D eigenvalue weighted by molar-refractivity contribution is 5.92. The molecule has 0 spiro atoms. The van der Waals surface area contributed by atoms with E-state index in [1.807, 2.05) is 38.4 Å². The molecule has 0 bridgehead atoms. The van der Waals surface area contributed by atoms with E-state index < -0.39 is 11.9 Å². The van der Waals surface area contributed by atoms with Crippen molar-refractivity contribution < 1.29 is 14.3 Å². The van der Waals surface area contributed by atoms with Crippen LogP contribution < -0.4 is 5.73 Å². The summed E-state index contributed by atoms with van der Waals surface area (Å²) < 4.78 is 10.6. The second kappa shape index (κ2) is 8.07. The van der Waals surface area contributed by atoms with Crippen molar-refractivity contribution in [2.24, 2.45) is 5.73 Å². The summed E-state index contributed by atoms with van der Waals surface area (Å²) in [6, 6.07) is 10.1. The molecule has 1 aliphatic heterocycles. The SMILES string of the molecule is CCOC(=O)C1=C(C)OC(N)=C(C#N)C1c1cccc(C(C)N(C)C)c1. The number of carbonyl (C=O) groups is 1. The molecule has 138 valence electrons. The number of ether oxygens (including phenoxy) is 2. The van der Waals surface area contributed by atoms with Crippen molar-refractivity contribution in [3.8, 4) is 6.07 Å². The van der Waals surface area contributed by atoms with Crippen molar-refractivity contribution in [1.29, 1.82) is 5.26 Å². The van der Waals surface area contributed by atoms with Crippen LogP contribution in [0.1, 0.15) is 43.9 Å². The number of nitrogens with zero attached hydrogens (tertiary/aromatic N) is 2. The van der Waals surface area contributed by atoms with Crippen LogP contribution in [0.25, 0.3) is 0 Å². The van der Waals surface area contributed by atoms with Crippen LogP contribution in [-0.2, 0) is 14.3 Å². The monoisotopic (exact) mass is 355 g/mol. The second-order valence-corrected chi connectivity index (χ2v) is 6.42. The summed E-state index contributed by atoms with van der Waals surface area (Å²) in [5.74, 6) is -0.728. The molecule has 1 aliphatic rings. The van der Waals surface area contributed by atoms with Crippen molar-refractivity contribution in [2.75, 3.05) is 20.7 Å². The van der Waals surface area contributed by atoms with Crippen LogP contribution in [0, 0.1) is 11.3 Å². The van der Waals surface area contributed by atoms with Crippen LogP contribution >= 0.6 is 0 Å². The molecule has 1 aromatic carbocycles. The van der Waals surface area contributed by atoms with E-state index in [0.717, 1.165) is 11.1 Å². The summed E-state index contributed by atoms with van der Waals surface area (Å²) in [6.45, 7) is 5.72. The van der Waals surface area contributed by atoms with E-state index in [9.17, 15) is 10.1 Å². The van der Waals surface area contributed by atoms with Crippen molar-refractivity contribution in [1.82, 2.24) is 4.90 Å². The molecular formula is C20H25N3O3. The molecule has 0 aromatic heterocycles. The van der Waals surface area contributed by atoms with Gasteiger partial charge < -0.3 is 20.1 Å². The first-order valence-corrected chi connectivity index (χ1v) is 8.53. The summed E-state index contributed by atoms with van der Waals surface area (Å²) in [4.78, 5) is 14.6. The highest BCUT2D eigenvalue weighted by atomic mass is 16.5. The minimum Gasteiger partial charge on any atom is -0.463 e. The minimum absolute atomic E-state index is 0.0223. The Balaban J connectivity index is 2.61. The predicted octanol–water partition coefficient (Wildman–Crippen LogP) is 2.95. The maximum Gasteiger partial charge on any atom is 0.338 e. The Bertz CT molecular complexity index is 803. The Labute approximate surface area is 154 Å². The Morgan fingerprint density at radius 1 is 1.46 bits per heavy atom. The van der Waals surface area contributed by atoms with Crippen molar-refractivity contribution in [3.63, 3.8) is 0 Å². The molecule has 26 heavy (non-hydrogen) atoms. The number of allylic oxidation sites excluding steroid dienone is 2. The molecule has 0 fully saturated rings. The molecule has 1 heterocycles. The van der Waals surface area contributed by atoms with Gasteiger partial charge in [-0.2, -0.15) is 5.26 Å². The number of rotatable bonds is 5. The zero-order valence-corrected chi connectivity index (χ0v) is 15.9. The first-order valence-electron chi connectivity index (χ1n) is 8.53. The normalized spacial score (nSPS) is 18.4. The van der Waals surface area contributed by atoms with Crippen LogP contribution in [0.15, 0.2) is 47.1 Å². The first-order chi connectivity index (χ1) is 12.3. The second-order valence-electron chi connectivity index (χ2n) is 6.42. The average molecular weight is 355 g/mol. The predicted molar refractivity (Wildman–Crippen MR) is 98.5 cm³/mol. The number of hydrogen-bond acceptors (Lipinski definition) is 6. The number of nitrogens with two attached hydrogens (primary N) is 1. The molecule has 2 atom stereocenters. The van der Waals surface area contributed by atoms with Crippen LogP contribution in [0.2, 0.25) is 0 Å². The van der Waals surface area contributed by atoms with Crippen molar-refractivity contribution in [3.05, 3.63) is 58.2 Å². The van der Waals surface area contributed by atoms with Gasteiger partial charge in [0, 0.05) is 6.04 Å². The molecule has 0 saturated carbocycles. The van der Waals surface area contributed by atoms with Gasteiger partial charge in [0.25, 0.3) is 0 Å². The van der Waals surface area contributed by atoms with E-state index in [1.54, 1.807) is 13.8 Å². The topological polar surface area (TPSA) is 88.6 Å². The van der Waals surface area contributed by atoms with Crippen LogP contribution in [0.5, 0.6) is 0 Å². The van der Waals surface area contributed by atoms with E-state index in [2.05, 4.69) is 17.9 Å². The van der Waals surface area contributed by atoms with E-state index >= 15 is 0 Å². The zero-order chi connectivity index (χ0) is 19.4. The van der Waals surface area contributed by atoms with Gasteiger partial charge in [-0.05, 0) is 46.0 Å². The number of hydrogen-bond donors (Lipinski definition) is 1. The molecule has 0 aliphatic carbocycles. The van der Waals surface area contributed by atoms with Crippen molar-refractivity contribution in [2.45, 2.75) is 32.7 Å². The van der Waals surface area contributed by atoms with Gasteiger partial charge in [-0.25, -0.2) is 4.79 Å². The van der Waals surface area contributed by atoms with Gasteiger partial charge in [0.15, 0.2) is 0 Å². The van der Waals surface area contributed by atoms with Crippen molar-refractivity contribution >= 4 is 5.97 Å². The lowest BCUT2D eigenvalue weighted by Gasteiger charge is -2.28. The van der Waals surface area contributed by atoms with Gasteiger partial charge in [-0.1, -0.05) is 24.3 Å². The van der Waals surface area contributed by atoms with Crippen LogP contribution in [-0.4, -0.2) is 31.6 Å². The molecule has 0 radical (unpaired) electrons. The van der Waals surface area contributed by atoms with Crippen LogP contribution in [0.4, 0.5) is 0 Å². The Morgan fingerprint density at radius 3 is 2.73 bits per heavy atom. The first kappa shape index (κ1) is 19.5. The van der Waals surface area contributed by atoms with Gasteiger partial charge in [0.2, 0.25) is 5.88 Å². The van der Waals surface area contributed by atoms with Gasteiger partial charge in [0.05, 0.1) is 18.1 Å². The lowest BCUT2D eigenvalue weighted by molar-refractivity contribution is -0.139. The minimum atomic E-state index is -0.609. The van der Waals surface area contributed by atoms with Gasteiger partial charge in [0.1, 0.15) is 17.4 Å². The third-order valence-corrected chi connectivity index (χ3v) is 4.60. The molecule has 0 amide bonds. The van der Waals surface area contributed by atoms with Gasteiger partial charge >= 0.3 is 5.97 Å². The summed E-state index contributed by atoms with van der Waals surface area (Å²) in [5.41, 5.74) is 8.34. The van der Waals surface area contributed by atoms with E-state index in [-0.39, 0.29) is 24.1 Å². The van der Waals surface area contributed by atoms with Gasteiger partial charge in [-0.15, -0.1) is 0 Å². The molecule has 2 rings (SSSR count).